The van der Waals surface area contributed by atoms with Gasteiger partial charge < -0.3 is 10.0 Å². The van der Waals surface area contributed by atoms with Gasteiger partial charge in [-0.1, -0.05) is 53.6 Å². The fraction of sp³-hybridized carbons (Fsp3) is 0.222. The minimum Gasteiger partial charge on any atom is -0.506 e. The Morgan fingerprint density at radius 2 is 1.82 bits per heavy atom. The number of hydrogen-bond donors (Lipinski definition) is 1. The summed E-state index contributed by atoms with van der Waals surface area (Å²) in [6, 6.07) is 14.1. The fourth-order valence-corrected chi connectivity index (χ4v) is 4.21. The smallest absolute Gasteiger partial charge is 0.139 e. The minimum atomic E-state index is 0.0635. The quantitative estimate of drug-likeness (QED) is 0.764. The Morgan fingerprint density at radius 1 is 1.05 bits per heavy atom. The number of rotatable bonds is 2. The van der Waals surface area contributed by atoms with Crippen molar-refractivity contribution < 1.29 is 5.11 Å². The van der Waals surface area contributed by atoms with E-state index in [1.54, 1.807) is 6.07 Å². The monoisotopic (exact) mass is 331 g/mol. The highest BCUT2D eigenvalue weighted by molar-refractivity contribution is 6.35. The number of hydrogen-bond acceptors (Lipinski definition) is 2. The molecule has 0 radical (unpaired) electrons. The predicted molar refractivity (Wildman–Crippen MR) is 90.8 cm³/mol. The zero-order valence-corrected chi connectivity index (χ0v) is 13.3. The topological polar surface area (TPSA) is 23.5 Å². The molecule has 2 aromatic rings. The first-order chi connectivity index (χ1) is 10.6. The van der Waals surface area contributed by atoms with Crippen LogP contribution >= 0.6 is 23.2 Å². The minimum absolute atomic E-state index is 0.0635. The first-order valence-electron chi connectivity index (χ1n) is 7.35. The summed E-state index contributed by atoms with van der Waals surface area (Å²) in [5.41, 5.74) is 1.96. The fourth-order valence-electron chi connectivity index (χ4n) is 3.70. The second kappa shape index (κ2) is 5.22. The number of anilines is 1. The van der Waals surface area contributed by atoms with Gasteiger partial charge in [-0.3, -0.25) is 0 Å². The molecule has 1 saturated heterocycles. The molecular weight excluding hydrogens is 317 g/mol. The standard InChI is InChI=1S/C18H15Cl2NO/c19-12-9-15(18(22)16(20)10-12)17-11-6-7-14(8-11)21(17)13-4-2-1-3-5-13/h1-7,9-11,14,17,22H,8H2. The second-order valence-corrected chi connectivity index (χ2v) is 6.71. The van der Waals surface area contributed by atoms with Crippen LogP contribution in [0.4, 0.5) is 5.69 Å². The highest BCUT2D eigenvalue weighted by Gasteiger charge is 2.44. The Bertz CT molecular complexity index is 744. The third-order valence-electron chi connectivity index (χ3n) is 4.59. The van der Waals surface area contributed by atoms with E-state index < -0.39 is 0 Å². The van der Waals surface area contributed by atoms with Gasteiger partial charge in [0.1, 0.15) is 5.75 Å². The number of nitrogens with zero attached hydrogens (tertiary/aromatic N) is 1. The Morgan fingerprint density at radius 3 is 2.59 bits per heavy atom. The van der Waals surface area contributed by atoms with Gasteiger partial charge in [-0.25, -0.2) is 0 Å². The maximum absolute atomic E-state index is 10.4. The van der Waals surface area contributed by atoms with Gasteiger partial charge in [0.2, 0.25) is 0 Å². The summed E-state index contributed by atoms with van der Waals surface area (Å²) in [7, 11) is 0. The molecule has 2 aromatic carbocycles. The van der Waals surface area contributed by atoms with Gasteiger partial charge >= 0.3 is 0 Å². The van der Waals surface area contributed by atoms with Crippen LogP contribution < -0.4 is 4.90 Å². The van der Waals surface area contributed by atoms with E-state index in [2.05, 4.69) is 29.2 Å². The molecule has 2 bridgehead atoms. The maximum atomic E-state index is 10.4. The first-order valence-corrected chi connectivity index (χ1v) is 8.10. The number of halogens is 2. The zero-order valence-electron chi connectivity index (χ0n) is 11.8. The molecule has 4 rings (SSSR count). The molecule has 2 nitrogen and oxygen atoms in total. The van der Waals surface area contributed by atoms with Gasteiger partial charge in [0.15, 0.2) is 0 Å². The van der Waals surface area contributed by atoms with Crippen molar-refractivity contribution in [1.29, 1.82) is 0 Å². The van der Waals surface area contributed by atoms with E-state index in [1.807, 2.05) is 24.3 Å². The highest BCUT2D eigenvalue weighted by atomic mass is 35.5. The predicted octanol–water partition coefficient (Wildman–Crippen LogP) is 5.21. The van der Waals surface area contributed by atoms with Crippen molar-refractivity contribution in [1.82, 2.24) is 0 Å². The van der Waals surface area contributed by atoms with E-state index in [9.17, 15) is 5.11 Å². The van der Waals surface area contributed by atoms with E-state index in [1.165, 1.54) is 0 Å². The number of benzene rings is 2. The molecule has 2 aliphatic rings. The lowest BCUT2D eigenvalue weighted by molar-refractivity contribution is 0.453. The van der Waals surface area contributed by atoms with E-state index >= 15 is 0 Å². The van der Waals surface area contributed by atoms with Crippen LogP contribution in [0, 0.1) is 5.92 Å². The zero-order chi connectivity index (χ0) is 15.3. The maximum Gasteiger partial charge on any atom is 0.139 e. The average Bonchev–Trinajstić information content (AvgIpc) is 3.12. The number of fused-ring (bicyclic) bond motifs is 2. The normalized spacial score (nSPS) is 25.9. The first kappa shape index (κ1) is 14.0. The van der Waals surface area contributed by atoms with Crippen LogP contribution in [-0.4, -0.2) is 11.1 Å². The summed E-state index contributed by atoms with van der Waals surface area (Å²) < 4.78 is 0. The molecule has 1 N–H and O–H groups in total. The Kier molecular flexibility index (Phi) is 3.32. The van der Waals surface area contributed by atoms with Crippen molar-refractivity contribution in [3.63, 3.8) is 0 Å². The summed E-state index contributed by atoms with van der Waals surface area (Å²) in [4.78, 5) is 2.35. The summed E-state index contributed by atoms with van der Waals surface area (Å²) in [6.45, 7) is 0. The molecule has 1 fully saturated rings. The van der Waals surface area contributed by atoms with Crippen LogP contribution in [0.15, 0.2) is 54.6 Å². The van der Waals surface area contributed by atoms with Gasteiger partial charge in [0, 0.05) is 28.2 Å². The van der Waals surface area contributed by atoms with Crippen LogP contribution in [0.5, 0.6) is 5.75 Å². The van der Waals surface area contributed by atoms with Crippen molar-refractivity contribution >= 4 is 28.9 Å². The largest absolute Gasteiger partial charge is 0.506 e. The van der Waals surface area contributed by atoms with Crippen molar-refractivity contribution in [2.45, 2.75) is 18.5 Å². The van der Waals surface area contributed by atoms with Crippen molar-refractivity contribution in [3.8, 4) is 5.75 Å². The lowest BCUT2D eigenvalue weighted by atomic mass is 9.93. The third kappa shape index (κ3) is 2.10. The molecule has 0 amide bonds. The highest BCUT2D eigenvalue weighted by Crippen LogP contribution is 2.51. The molecule has 0 saturated carbocycles. The molecule has 4 heteroatoms. The van der Waals surface area contributed by atoms with Crippen LogP contribution in [0.3, 0.4) is 0 Å². The van der Waals surface area contributed by atoms with Crippen LogP contribution in [-0.2, 0) is 0 Å². The van der Waals surface area contributed by atoms with E-state index in [0.717, 1.165) is 17.7 Å². The van der Waals surface area contributed by atoms with E-state index in [-0.39, 0.29) is 11.8 Å². The second-order valence-electron chi connectivity index (χ2n) is 5.86. The van der Waals surface area contributed by atoms with Crippen LogP contribution in [0.2, 0.25) is 10.0 Å². The third-order valence-corrected chi connectivity index (χ3v) is 5.09. The van der Waals surface area contributed by atoms with Crippen LogP contribution in [0.1, 0.15) is 18.0 Å². The SMILES string of the molecule is Oc1c(Cl)cc(Cl)cc1C1C2C=CC(C2)N1c1ccccc1. The summed E-state index contributed by atoms with van der Waals surface area (Å²) >= 11 is 12.3. The summed E-state index contributed by atoms with van der Waals surface area (Å²) in [5, 5.41) is 11.3. The molecule has 3 atom stereocenters. The van der Waals surface area contributed by atoms with Gasteiger partial charge in [0.05, 0.1) is 11.1 Å². The molecule has 1 aliphatic heterocycles. The van der Waals surface area contributed by atoms with Gasteiger partial charge in [0.25, 0.3) is 0 Å². The molecule has 1 heterocycles. The molecular formula is C18H15Cl2NO. The Hall–Kier alpha value is -1.64. The lowest BCUT2D eigenvalue weighted by Crippen LogP contribution is -2.32. The number of phenols is 1. The van der Waals surface area contributed by atoms with Crippen molar-refractivity contribution in [3.05, 3.63) is 70.2 Å². The lowest BCUT2D eigenvalue weighted by Gasteiger charge is -2.35. The Balaban J connectivity index is 1.85. The van der Waals surface area contributed by atoms with Crippen molar-refractivity contribution in [2.24, 2.45) is 5.92 Å². The Labute approximate surface area is 139 Å². The molecule has 0 aromatic heterocycles. The molecule has 0 spiro atoms. The molecule has 3 unspecified atom stereocenters. The number of phenolic OH excluding ortho intramolecular Hbond substituents is 1. The van der Waals surface area contributed by atoms with Crippen LogP contribution in [0.25, 0.3) is 0 Å². The van der Waals surface area contributed by atoms with E-state index in [4.69, 9.17) is 23.2 Å². The summed E-state index contributed by atoms with van der Waals surface area (Å²) in [6.07, 6.45) is 5.55. The average molecular weight is 332 g/mol. The summed E-state index contributed by atoms with van der Waals surface area (Å²) in [5.74, 6) is 0.503. The van der Waals surface area contributed by atoms with Gasteiger partial charge in [-0.05, 0) is 30.7 Å². The van der Waals surface area contributed by atoms with Gasteiger partial charge in [-0.2, -0.15) is 0 Å². The van der Waals surface area contributed by atoms with Gasteiger partial charge in [-0.15, -0.1) is 0 Å². The van der Waals surface area contributed by atoms with E-state index in [0.29, 0.717) is 22.0 Å². The van der Waals surface area contributed by atoms with Crippen molar-refractivity contribution in [2.75, 3.05) is 4.90 Å². The molecule has 112 valence electrons. The number of para-hydroxylation sites is 1. The molecule has 22 heavy (non-hydrogen) atoms. The molecule has 1 aliphatic carbocycles. The number of aromatic hydroxyl groups is 1.